The molecule has 2 aliphatic rings. The molecule has 0 amide bonds. The zero-order chi connectivity index (χ0) is 21.2. The van der Waals surface area contributed by atoms with E-state index in [1.807, 2.05) is 24.3 Å². The summed E-state index contributed by atoms with van der Waals surface area (Å²) in [6, 6.07) is 13.1. The van der Waals surface area contributed by atoms with Gasteiger partial charge in [-0.1, -0.05) is 24.3 Å². The highest BCUT2D eigenvalue weighted by atomic mass is 32.2. The lowest BCUT2D eigenvalue weighted by Crippen LogP contribution is -2.40. The van der Waals surface area contributed by atoms with Gasteiger partial charge in [0.1, 0.15) is 0 Å². The van der Waals surface area contributed by atoms with Crippen LogP contribution in [0.5, 0.6) is 0 Å². The number of morpholine rings is 1. The molecule has 1 fully saturated rings. The molecule has 10 heteroatoms. The fourth-order valence-corrected chi connectivity index (χ4v) is 6.08. The lowest BCUT2D eigenvalue weighted by atomic mass is 9.98. The first-order valence-corrected chi connectivity index (χ1v) is 12.7. The van der Waals surface area contributed by atoms with Crippen LogP contribution in [-0.2, 0) is 35.9 Å². The Balaban J connectivity index is 1.46. The number of sulfonamides is 2. The molecule has 0 aliphatic carbocycles. The number of rotatable bonds is 6. The van der Waals surface area contributed by atoms with Crippen molar-refractivity contribution in [2.75, 3.05) is 39.5 Å². The van der Waals surface area contributed by atoms with E-state index in [9.17, 15) is 16.8 Å². The summed E-state index contributed by atoms with van der Waals surface area (Å²) in [5.41, 5.74) is 2.14. The number of hydrogen-bond donors (Lipinski definition) is 1. The van der Waals surface area contributed by atoms with E-state index in [4.69, 9.17) is 9.47 Å². The van der Waals surface area contributed by atoms with E-state index in [1.54, 1.807) is 0 Å². The highest BCUT2D eigenvalue weighted by molar-refractivity contribution is 7.89. The van der Waals surface area contributed by atoms with Gasteiger partial charge in [0.25, 0.3) is 0 Å². The van der Waals surface area contributed by atoms with Gasteiger partial charge in [0.05, 0.1) is 35.7 Å². The maximum Gasteiger partial charge on any atom is 0.243 e. The van der Waals surface area contributed by atoms with Gasteiger partial charge in [-0.25, -0.2) is 21.6 Å². The molecule has 0 radical (unpaired) electrons. The summed E-state index contributed by atoms with van der Waals surface area (Å²) in [5, 5.41) is 0. The second kappa shape index (κ2) is 8.74. The van der Waals surface area contributed by atoms with E-state index in [1.165, 1.54) is 28.6 Å². The topological polar surface area (TPSA) is 102 Å². The quantitative estimate of drug-likeness (QED) is 0.709. The minimum Gasteiger partial charge on any atom is -0.379 e. The van der Waals surface area contributed by atoms with Crippen LogP contribution in [0.2, 0.25) is 0 Å². The molecule has 30 heavy (non-hydrogen) atoms. The Labute approximate surface area is 176 Å². The molecule has 4 rings (SSSR count). The van der Waals surface area contributed by atoms with E-state index in [0.29, 0.717) is 19.8 Å². The van der Waals surface area contributed by atoms with E-state index in [-0.39, 0.29) is 35.5 Å². The summed E-state index contributed by atoms with van der Waals surface area (Å²) in [5.74, 6) is 0. The maximum absolute atomic E-state index is 12.7. The van der Waals surface area contributed by atoms with Gasteiger partial charge < -0.3 is 9.47 Å². The van der Waals surface area contributed by atoms with Crippen molar-refractivity contribution in [3.05, 3.63) is 59.7 Å². The highest BCUT2D eigenvalue weighted by Crippen LogP contribution is 2.27. The van der Waals surface area contributed by atoms with Gasteiger partial charge in [0.15, 0.2) is 0 Å². The number of fused-ring (bicyclic) bond motifs is 1. The van der Waals surface area contributed by atoms with Crippen molar-refractivity contribution in [1.29, 1.82) is 0 Å². The van der Waals surface area contributed by atoms with Crippen molar-refractivity contribution in [3.63, 3.8) is 0 Å². The van der Waals surface area contributed by atoms with Crippen molar-refractivity contribution < 1.29 is 26.3 Å². The van der Waals surface area contributed by atoms with E-state index < -0.39 is 20.0 Å². The van der Waals surface area contributed by atoms with Crippen LogP contribution < -0.4 is 4.72 Å². The van der Waals surface area contributed by atoms with Gasteiger partial charge in [-0.3, -0.25) is 0 Å². The minimum atomic E-state index is -3.81. The summed E-state index contributed by atoms with van der Waals surface area (Å²) in [6.45, 7) is 1.91. The van der Waals surface area contributed by atoms with Gasteiger partial charge in [0.2, 0.25) is 20.0 Å². The number of nitrogens with one attached hydrogen (secondary N) is 1. The molecule has 0 spiro atoms. The van der Waals surface area contributed by atoms with Crippen molar-refractivity contribution in [2.24, 2.45) is 0 Å². The molecule has 2 heterocycles. The van der Waals surface area contributed by atoms with Crippen LogP contribution in [0.1, 0.15) is 17.2 Å². The summed E-state index contributed by atoms with van der Waals surface area (Å²) < 4.78 is 65.6. The first kappa shape index (κ1) is 21.4. The molecule has 1 N–H and O–H groups in total. The second-order valence-electron chi connectivity index (χ2n) is 7.15. The molecule has 2 aromatic carbocycles. The monoisotopic (exact) mass is 452 g/mol. The minimum absolute atomic E-state index is 0.00696. The molecule has 2 aliphatic heterocycles. The third-order valence-electron chi connectivity index (χ3n) is 5.29. The van der Waals surface area contributed by atoms with Crippen molar-refractivity contribution in [1.82, 2.24) is 9.03 Å². The summed E-state index contributed by atoms with van der Waals surface area (Å²) in [6.07, 6.45) is 0.448. The Bertz CT molecular complexity index is 1090. The van der Waals surface area contributed by atoms with Crippen LogP contribution in [0.3, 0.4) is 0 Å². The van der Waals surface area contributed by atoms with E-state index in [0.717, 1.165) is 17.5 Å². The number of nitrogens with zero attached hydrogens (tertiary/aromatic N) is 1. The molecular formula is C20H24N2O6S2. The molecule has 1 saturated heterocycles. The fourth-order valence-electron chi connectivity index (χ4n) is 3.64. The Kier molecular flexibility index (Phi) is 6.24. The average molecular weight is 453 g/mol. The summed E-state index contributed by atoms with van der Waals surface area (Å²) in [7, 11) is -7.48. The lowest BCUT2D eigenvalue weighted by Gasteiger charge is -2.26. The largest absolute Gasteiger partial charge is 0.379 e. The predicted molar refractivity (Wildman–Crippen MR) is 110 cm³/mol. The first-order chi connectivity index (χ1) is 14.4. The Hall–Kier alpha value is -1.82. The van der Waals surface area contributed by atoms with Crippen LogP contribution in [0, 0.1) is 0 Å². The molecule has 8 nitrogen and oxygen atoms in total. The van der Waals surface area contributed by atoms with Crippen LogP contribution in [0.4, 0.5) is 0 Å². The maximum atomic E-state index is 12.7. The molecule has 0 aromatic heterocycles. The van der Waals surface area contributed by atoms with Crippen molar-refractivity contribution in [3.8, 4) is 0 Å². The van der Waals surface area contributed by atoms with E-state index >= 15 is 0 Å². The van der Waals surface area contributed by atoms with Crippen LogP contribution in [0.15, 0.2) is 58.3 Å². The van der Waals surface area contributed by atoms with Crippen LogP contribution >= 0.6 is 0 Å². The zero-order valence-corrected chi connectivity index (χ0v) is 18.0. The Morgan fingerprint density at radius 1 is 0.900 bits per heavy atom. The average Bonchev–Trinajstić information content (AvgIpc) is 2.78. The molecule has 0 bridgehead atoms. The molecule has 2 aromatic rings. The number of ether oxygens (including phenoxy) is 2. The molecule has 1 atom stereocenters. The summed E-state index contributed by atoms with van der Waals surface area (Å²) in [4.78, 5) is 0.0698. The van der Waals surface area contributed by atoms with Crippen LogP contribution in [0.25, 0.3) is 0 Å². The van der Waals surface area contributed by atoms with Gasteiger partial charge in [-0.15, -0.1) is 0 Å². The third kappa shape index (κ3) is 4.43. The third-order valence-corrected chi connectivity index (χ3v) is 8.65. The second-order valence-corrected chi connectivity index (χ2v) is 10.9. The fraction of sp³-hybridized carbons (Fsp3) is 0.400. The van der Waals surface area contributed by atoms with Gasteiger partial charge in [-0.2, -0.15) is 4.31 Å². The number of hydrogen-bond acceptors (Lipinski definition) is 6. The molecule has 162 valence electrons. The Morgan fingerprint density at radius 2 is 1.57 bits per heavy atom. The van der Waals surface area contributed by atoms with Gasteiger partial charge in [-0.05, 0) is 41.8 Å². The first-order valence-electron chi connectivity index (χ1n) is 9.75. The summed E-state index contributed by atoms with van der Waals surface area (Å²) >= 11 is 0. The molecular weight excluding hydrogens is 428 g/mol. The zero-order valence-electron chi connectivity index (χ0n) is 16.4. The molecule has 0 unspecified atom stereocenters. The number of benzene rings is 2. The SMILES string of the molecule is O=S(=O)(NC[C@@H]1OCCc2ccccc21)c1ccc(S(=O)(=O)N2CCOCC2)cc1. The van der Waals surface area contributed by atoms with Gasteiger partial charge in [0, 0.05) is 19.6 Å². The standard InChI is InChI=1S/C20H24N2O6S2/c23-29(24,21-15-20-19-4-2-1-3-16(19)9-12-28-20)17-5-7-18(8-6-17)30(25,26)22-10-13-27-14-11-22/h1-8,20-21H,9-15H2/t20-/m0/s1. The normalized spacial score (nSPS) is 20.6. The lowest BCUT2D eigenvalue weighted by molar-refractivity contribution is 0.0460. The predicted octanol–water partition coefficient (Wildman–Crippen LogP) is 1.30. The van der Waals surface area contributed by atoms with Gasteiger partial charge >= 0.3 is 0 Å². The van der Waals surface area contributed by atoms with Crippen molar-refractivity contribution in [2.45, 2.75) is 22.3 Å². The van der Waals surface area contributed by atoms with Crippen molar-refractivity contribution >= 4 is 20.0 Å². The smallest absolute Gasteiger partial charge is 0.243 e. The molecule has 0 saturated carbocycles. The highest BCUT2D eigenvalue weighted by Gasteiger charge is 2.27. The Morgan fingerprint density at radius 3 is 2.30 bits per heavy atom. The van der Waals surface area contributed by atoms with E-state index in [2.05, 4.69) is 4.72 Å². The van der Waals surface area contributed by atoms with Crippen LogP contribution in [-0.4, -0.2) is 60.6 Å².